The third-order valence-electron chi connectivity index (χ3n) is 4.18. The minimum Gasteiger partial charge on any atom is -0.392 e. The van der Waals surface area contributed by atoms with Gasteiger partial charge >= 0.3 is 0 Å². The number of aliphatic hydroxyl groups excluding tert-OH is 1. The fourth-order valence-electron chi connectivity index (χ4n) is 2.92. The Balaban J connectivity index is 1.67. The number of hydrogen-bond donors (Lipinski definition) is 2. The van der Waals surface area contributed by atoms with Crippen LogP contribution in [-0.4, -0.2) is 43.9 Å². The van der Waals surface area contributed by atoms with Crippen LogP contribution in [0.4, 0.5) is 17.1 Å². The Hall–Kier alpha value is -2.34. The summed E-state index contributed by atoms with van der Waals surface area (Å²) in [5, 5.41) is 12.2. The van der Waals surface area contributed by atoms with E-state index in [9.17, 15) is 14.7 Å². The van der Waals surface area contributed by atoms with E-state index in [1.807, 2.05) is 23.1 Å². The Morgan fingerprint density at radius 1 is 1.04 bits per heavy atom. The molecule has 1 aliphatic heterocycles. The second-order valence-corrected chi connectivity index (χ2v) is 5.92. The highest BCUT2D eigenvalue weighted by Gasteiger charge is 2.28. The van der Waals surface area contributed by atoms with Crippen molar-refractivity contribution in [1.82, 2.24) is 0 Å². The zero-order chi connectivity index (χ0) is 16.4. The molecule has 23 heavy (non-hydrogen) atoms. The van der Waals surface area contributed by atoms with Crippen molar-refractivity contribution in [2.45, 2.75) is 13.0 Å². The number of aliphatic hydroxyl groups is 1. The molecule has 1 unspecified atom stereocenters. The molecule has 0 spiro atoms. The van der Waals surface area contributed by atoms with Crippen LogP contribution in [0.1, 0.15) is 6.92 Å². The fourth-order valence-corrected chi connectivity index (χ4v) is 2.92. The van der Waals surface area contributed by atoms with Crippen LogP contribution >= 0.6 is 0 Å². The first-order valence-corrected chi connectivity index (χ1v) is 7.88. The molecule has 6 nitrogen and oxygen atoms in total. The van der Waals surface area contributed by atoms with Gasteiger partial charge in [-0.3, -0.25) is 9.59 Å². The van der Waals surface area contributed by atoms with Gasteiger partial charge in [-0.1, -0.05) is 18.2 Å². The van der Waals surface area contributed by atoms with Crippen molar-refractivity contribution in [1.29, 1.82) is 0 Å². The van der Waals surface area contributed by atoms with Crippen molar-refractivity contribution in [2.75, 3.05) is 47.8 Å². The maximum Gasteiger partial charge on any atom is 0.253 e. The summed E-state index contributed by atoms with van der Waals surface area (Å²) < 4.78 is 0. The summed E-state index contributed by atoms with van der Waals surface area (Å²) in [7, 11) is 0. The van der Waals surface area contributed by atoms with Crippen LogP contribution < -0.4 is 26.0 Å². The maximum atomic E-state index is 11.9. The summed E-state index contributed by atoms with van der Waals surface area (Å²) in [6.07, 6.45) is -0.567. The zero-order valence-electron chi connectivity index (χ0n) is 13.2. The number of benzene rings is 1. The Kier molecular flexibility index (Phi) is 4.34. The van der Waals surface area contributed by atoms with Gasteiger partial charge in [0.2, 0.25) is 0 Å². The zero-order valence-corrected chi connectivity index (χ0v) is 13.2. The van der Waals surface area contributed by atoms with E-state index in [1.54, 1.807) is 6.92 Å². The predicted molar refractivity (Wildman–Crippen MR) is 92.4 cm³/mol. The molecular formula is C17H21N3O3. The molecule has 3 rings (SSSR count). The molecule has 1 saturated heterocycles. The van der Waals surface area contributed by atoms with Gasteiger partial charge in [-0.2, -0.15) is 0 Å². The monoisotopic (exact) mass is 315 g/mol. The van der Waals surface area contributed by atoms with Crippen LogP contribution in [0.25, 0.3) is 0 Å². The summed E-state index contributed by atoms with van der Waals surface area (Å²) in [5.41, 5.74) is 1.09. The van der Waals surface area contributed by atoms with E-state index in [-0.39, 0.29) is 6.54 Å². The van der Waals surface area contributed by atoms with Gasteiger partial charge in [-0.25, -0.2) is 0 Å². The number of piperazine rings is 1. The predicted octanol–water partition coefficient (Wildman–Crippen LogP) is 0.402. The van der Waals surface area contributed by atoms with Gasteiger partial charge in [0.1, 0.15) is 11.4 Å². The van der Waals surface area contributed by atoms with Crippen LogP contribution in [0.15, 0.2) is 39.9 Å². The molecule has 0 amide bonds. The highest BCUT2D eigenvalue weighted by Crippen LogP contribution is 2.23. The lowest BCUT2D eigenvalue weighted by Gasteiger charge is -2.38. The summed E-state index contributed by atoms with van der Waals surface area (Å²) in [6, 6.07) is 10.2. The van der Waals surface area contributed by atoms with Crippen molar-refractivity contribution in [2.24, 2.45) is 0 Å². The molecule has 2 N–H and O–H groups in total. The first-order valence-electron chi connectivity index (χ1n) is 7.88. The van der Waals surface area contributed by atoms with E-state index in [2.05, 4.69) is 22.3 Å². The maximum absolute atomic E-state index is 11.9. The molecule has 0 aromatic heterocycles. The molecule has 0 bridgehead atoms. The van der Waals surface area contributed by atoms with E-state index >= 15 is 0 Å². The average molecular weight is 315 g/mol. The van der Waals surface area contributed by atoms with E-state index in [0.717, 1.165) is 13.1 Å². The Bertz CT molecular complexity index is 727. The smallest absolute Gasteiger partial charge is 0.253 e. The first kappa shape index (κ1) is 15.6. The molecule has 2 aromatic carbocycles. The Morgan fingerprint density at radius 2 is 1.65 bits per heavy atom. The quantitative estimate of drug-likeness (QED) is 0.778. The molecule has 122 valence electrons. The lowest BCUT2D eigenvalue weighted by molar-refractivity contribution is 0.208. The Morgan fingerprint density at radius 3 is 2.26 bits per heavy atom. The first-order chi connectivity index (χ1) is 11.1. The lowest BCUT2D eigenvalue weighted by Crippen LogP contribution is -2.51. The topological polar surface area (TPSA) is 72.9 Å². The number of anilines is 3. The fraction of sp³-hybridized carbons (Fsp3) is 0.412. The number of rotatable bonds is 5. The lowest BCUT2D eigenvalue weighted by atomic mass is 10.1. The van der Waals surface area contributed by atoms with Crippen LogP contribution in [0.5, 0.6) is 0 Å². The molecular weight excluding hydrogens is 294 g/mol. The summed E-state index contributed by atoms with van der Waals surface area (Å²) in [6.45, 7) is 4.90. The molecule has 1 atom stereocenters. The van der Waals surface area contributed by atoms with Crippen LogP contribution in [0, 0.1) is 0 Å². The summed E-state index contributed by atoms with van der Waals surface area (Å²) in [4.78, 5) is 27.9. The number of nitrogens with zero attached hydrogens (tertiary/aromatic N) is 2. The van der Waals surface area contributed by atoms with Gasteiger partial charge < -0.3 is 20.2 Å². The standard InChI is InChI=1S/C17H21N3O3/c1-12(21)11-18-14-15(17(23)16(14)22)20-9-7-19(8-10-20)13-5-3-2-4-6-13/h2-6,12,18,21H,7-11H2,1H3. The molecule has 1 fully saturated rings. The molecule has 0 saturated carbocycles. The minimum atomic E-state index is -0.567. The average Bonchev–Trinajstić information content (AvgIpc) is 2.58. The van der Waals surface area contributed by atoms with E-state index in [0.29, 0.717) is 24.5 Å². The van der Waals surface area contributed by atoms with Crippen LogP contribution in [0.2, 0.25) is 0 Å². The van der Waals surface area contributed by atoms with Crippen molar-refractivity contribution >= 4 is 17.1 Å². The summed E-state index contributed by atoms with van der Waals surface area (Å²) in [5.74, 6) is 0. The largest absolute Gasteiger partial charge is 0.392 e. The van der Waals surface area contributed by atoms with Gasteiger partial charge in [-0.05, 0) is 19.1 Å². The molecule has 6 heteroatoms. The number of hydrogen-bond acceptors (Lipinski definition) is 6. The molecule has 0 aliphatic carbocycles. The van der Waals surface area contributed by atoms with Gasteiger partial charge in [-0.15, -0.1) is 0 Å². The highest BCUT2D eigenvalue weighted by molar-refractivity contribution is 5.75. The normalized spacial score (nSPS) is 16.6. The molecule has 1 heterocycles. The van der Waals surface area contributed by atoms with Crippen LogP contribution in [0.3, 0.4) is 0 Å². The van der Waals surface area contributed by atoms with Crippen molar-refractivity contribution < 1.29 is 5.11 Å². The summed E-state index contributed by atoms with van der Waals surface area (Å²) >= 11 is 0. The van der Waals surface area contributed by atoms with E-state index < -0.39 is 17.0 Å². The molecule has 2 aromatic rings. The van der Waals surface area contributed by atoms with Gasteiger partial charge in [0, 0.05) is 38.4 Å². The van der Waals surface area contributed by atoms with Gasteiger partial charge in [0.15, 0.2) is 0 Å². The SMILES string of the molecule is CC(O)CNc1c(N2CCN(c3ccccc3)CC2)c(=O)c1=O. The number of para-hydroxylation sites is 1. The van der Waals surface area contributed by atoms with E-state index in [1.165, 1.54) is 5.69 Å². The van der Waals surface area contributed by atoms with Crippen molar-refractivity contribution in [3.63, 3.8) is 0 Å². The second kappa shape index (κ2) is 6.42. The third-order valence-corrected chi connectivity index (χ3v) is 4.18. The molecule has 0 radical (unpaired) electrons. The Labute approximate surface area is 134 Å². The minimum absolute atomic E-state index is 0.266. The molecule has 1 aliphatic rings. The van der Waals surface area contributed by atoms with Crippen LogP contribution in [-0.2, 0) is 0 Å². The van der Waals surface area contributed by atoms with E-state index in [4.69, 9.17) is 0 Å². The highest BCUT2D eigenvalue weighted by atomic mass is 16.3. The van der Waals surface area contributed by atoms with Gasteiger partial charge in [0.25, 0.3) is 10.9 Å². The second-order valence-electron chi connectivity index (χ2n) is 5.92. The number of nitrogens with one attached hydrogen (secondary N) is 1. The van der Waals surface area contributed by atoms with Gasteiger partial charge in [0.05, 0.1) is 6.10 Å². The van der Waals surface area contributed by atoms with Crippen molar-refractivity contribution in [3.05, 3.63) is 50.8 Å². The van der Waals surface area contributed by atoms with Crippen molar-refractivity contribution in [3.8, 4) is 0 Å². The third kappa shape index (κ3) is 3.07.